The molecule has 0 atom stereocenters. The Balaban J connectivity index is 2.46. The van der Waals surface area contributed by atoms with E-state index in [-0.39, 0.29) is 30.7 Å². The summed E-state index contributed by atoms with van der Waals surface area (Å²) in [5, 5.41) is 3.78. The summed E-state index contributed by atoms with van der Waals surface area (Å²) in [6.07, 6.45) is -3.12. The van der Waals surface area contributed by atoms with E-state index in [2.05, 4.69) is 5.10 Å². The second-order valence-electron chi connectivity index (χ2n) is 6.92. The summed E-state index contributed by atoms with van der Waals surface area (Å²) in [4.78, 5) is 12.3. The molecule has 0 bridgehead atoms. The zero-order valence-corrected chi connectivity index (χ0v) is 15.9. The van der Waals surface area contributed by atoms with Gasteiger partial charge in [-0.25, -0.2) is 13.6 Å². The van der Waals surface area contributed by atoms with Crippen molar-refractivity contribution in [3.63, 3.8) is 0 Å². The van der Waals surface area contributed by atoms with Crippen LogP contribution in [0.1, 0.15) is 48.4 Å². The molecule has 0 amide bonds. The molecule has 2 rings (SSSR count). The van der Waals surface area contributed by atoms with E-state index in [4.69, 9.17) is 14.2 Å². The number of carbonyl (C=O) groups is 1. The highest BCUT2D eigenvalue weighted by Gasteiger charge is 2.61. The average Bonchev–Trinajstić information content (AvgIpc) is 2.87. The molecule has 1 aliphatic rings. The van der Waals surface area contributed by atoms with Crippen molar-refractivity contribution in [3.05, 3.63) is 17.0 Å². The predicted molar refractivity (Wildman–Crippen MR) is 86.9 cm³/mol. The van der Waals surface area contributed by atoms with Crippen LogP contribution in [0, 0.1) is 12.3 Å². The third kappa shape index (κ3) is 3.82. The lowest BCUT2D eigenvalue weighted by molar-refractivity contribution is -0.320. The molecular weight excluding hydrogens is 372 g/mol. The molecule has 1 aromatic heterocycles. The molecule has 0 radical (unpaired) electrons. The Labute approximate surface area is 154 Å². The Morgan fingerprint density at radius 3 is 2.26 bits per heavy atom. The van der Waals surface area contributed by atoms with Crippen LogP contribution in [0.5, 0.6) is 0 Å². The van der Waals surface area contributed by atoms with Crippen LogP contribution >= 0.6 is 0 Å². The summed E-state index contributed by atoms with van der Waals surface area (Å²) in [6.45, 7) is 3.06. The molecule has 0 aliphatic heterocycles. The Morgan fingerprint density at radius 1 is 1.30 bits per heavy atom. The largest absolute Gasteiger partial charge is 0.461 e. The number of halogens is 4. The molecule has 27 heavy (non-hydrogen) atoms. The number of methoxy groups -OCH3 is 2. The number of hydrogen-bond acceptors (Lipinski definition) is 5. The lowest BCUT2D eigenvalue weighted by Gasteiger charge is -2.53. The van der Waals surface area contributed by atoms with Crippen molar-refractivity contribution in [3.8, 4) is 0 Å². The van der Waals surface area contributed by atoms with Gasteiger partial charge >= 0.3 is 5.97 Å². The van der Waals surface area contributed by atoms with Gasteiger partial charge in [-0.15, -0.1) is 0 Å². The Kier molecular flexibility index (Phi) is 5.91. The molecule has 0 aromatic carbocycles. The third-order valence-corrected chi connectivity index (χ3v) is 4.99. The number of hydrogen-bond donors (Lipinski definition) is 0. The van der Waals surface area contributed by atoms with Gasteiger partial charge in [0.15, 0.2) is 5.79 Å². The zero-order valence-electron chi connectivity index (χ0n) is 15.9. The van der Waals surface area contributed by atoms with E-state index in [1.165, 1.54) is 21.1 Å². The van der Waals surface area contributed by atoms with Crippen molar-refractivity contribution in [2.45, 2.75) is 58.3 Å². The highest BCUT2D eigenvalue weighted by molar-refractivity contribution is 5.89. The first kappa shape index (κ1) is 21.6. The quantitative estimate of drug-likeness (QED) is 0.382. The Hall–Kier alpha value is -1.68. The van der Waals surface area contributed by atoms with Crippen LogP contribution in [-0.2, 0) is 26.7 Å². The van der Waals surface area contributed by atoms with Crippen LogP contribution in [0.3, 0.4) is 0 Å². The molecule has 0 unspecified atom stereocenters. The van der Waals surface area contributed by atoms with Crippen molar-refractivity contribution in [2.24, 2.45) is 5.41 Å². The maximum atomic E-state index is 13.9. The SMILES string of the molecule is CCOC(=O)c1c(C)c(C(C)(F)F)nn1CC1(C(F)F)CC(OC)(OC)C1. The van der Waals surface area contributed by atoms with Gasteiger partial charge in [-0.2, -0.15) is 13.9 Å². The van der Waals surface area contributed by atoms with Crippen LogP contribution < -0.4 is 0 Å². The maximum Gasteiger partial charge on any atom is 0.356 e. The summed E-state index contributed by atoms with van der Waals surface area (Å²) in [7, 11) is 2.69. The fourth-order valence-electron chi connectivity index (χ4n) is 3.57. The molecule has 0 spiro atoms. The predicted octanol–water partition coefficient (Wildman–Crippen LogP) is 3.51. The van der Waals surface area contributed by atoms with Crippen molar-refractivity contribution >= 4 is 5.97 Å². The van der Waals surface area contributed by atoms with E-state index in [1.807, 2.05) is 0 Å². The first-order chi connectivity index (χ1) is 12.4. The number of rotatable bonds is 8. The van der Waals surface area contributed by atoms with Gasteiger partial charge in [0.1, 0.15) is 11.4 Å². The van der Waals surface area contributed by atoms with Crippen LogP contribution in [0.4, 0.5) is 17.6 Å². The van der Waals surface area contributed by atoms with Gasteiger partial charge in [-0.1, -0.05) is 0 Å². The topological polar surface area (TPSA) is 62.6 Å². The van der Waals surface area contributed by atoms with Gasteiger partial charge in [0.2, 0.25) is 6.43 Å². The lowest BCUT2D eigenvalue weighted by atomic mass is 9.64. The monoisotopic (exact) mass is 396 g/mol. The van der Waals surface area contributed by atoms with E-state index in [1.54, 1.807) is 6.92 Å². The third-order valence-electron chi connectivity index (χ3n) is 4.99. The zero-order chi connectivity index (χ0) is 20.6. The number of alkyl halides is 4. The van der Waals surface area contributed by atoms with Crippen LogP contribution in [-0.4, -0.2) is 48.8 Å². The minimum Gasteiger partial charge on any atom is -0.461 e. The van der Waals surface area contributed by atoms with Crippen LogP contribution in [0.25, 0.3) is 0 Å². The van der Waals surface area contributed by atoms with Gasteiger partial charge < -0.3 is 14.2 Å². The summed E-state index contributed by atoms with van der Waals surface area (Å²) in [5.41, 5.74) is -2.60. The first-order valence-corrected chi connectivity index (χ1v) is 8.46. The van der Waals surface area contributed by atoms with Gasteiger partial charge in [-0.05, 0) is 13.8 Å². The highest BCUT2D eigenvalue weighted by Crippen LogP contribution is 2.55. The summed E-state index contributed by atoms with van der Waals surface area (Å²) >= 11 is 0. The van der Waals surface area contributed by atoms with E-state index in [0.29, 0.717) is 6.92 Å². The van der Waals surface area contributed by atoms with Crippen LogP contribution in [0.15, 0.2) is 0 Å². The molecule has 154 valence electrons. The molecule has 10 heteroatoms. The summed E-state index contributed by atoms with van der Waals surface area (Å²) < 4.78 is 71.6. The molecule has 1 heterocycles. The standard InChI is InChI=1S/C17H24F4N2O4/c1-6-27-13(24)11-10(2)12(15(3,20)21)22-23(11)9-16(14(18)19)7-17(8-16,25-4)26-5/h14H,6-9H2,1-5H3. The number of carbonyl (C=O) groups excluding carboxylic acids is 1. The minimum atomic E-state index is -3.34. The van der Waals surface area contributed by atoms with E-state index in [0.717, 1.165) is 4.68 Å². The van der Waals surface area contributed by atoms with E-state index in [9.17, 15) is 22.4 Å². The van der Waals surface area contributed by atoms with Gasteiger partial charge in [-0.3, -0.25) is 4.68 Å². The van der Waals surface area contributed by atoms with Crippen LogP contribution in [0.2, 0.25) is 0 Å². The lowest BCUT2D eigenvalue weighted by Crippen LogP contribution is -2.59. The molecule has 0 N–H and O–H groups in total. The number of esters is 1. The minimum absolute atomic E-state index is 0.0117. The van der Waals surface area contributed by atoms with Gasteiger partial charge in [0.25, 0.3) is 5.92 Å². The molecular formula is C17H24F4N2O4. The highest BCUT2D eigenvalue weighted by atomic mass is 19.3. The number of nitrogens with zero attached hydrogens (tertiary/aromatic N) is 2. The van der Waals surface area contributed by atoms with Crippen molar-refractivity contribution in [2.75, 3.05) is 20.8 Å². The Morgan fingerprint density at radius 2 is 1.85 bits per heavy atom. The van der Waals surface area contributed by atoms with E-state index >= 15 is 0 Å². The molecule has 0 saturated heterocycles. The normalized spacial score (nSPS) is 18.4. The summed E-state index contributed by atoms with van der Waals surface area (Å²) in [6, 6.07) is 0. The average molecular weight is 396 g/mol. The number of aromatic nitrogens is 2. The first-order valence-electron chi connectivity index (χ1n) is 8.46. The van der Waals surface area contributed by atoms with E-state index < -0.39 is 41.8 Å². The fraction of sp³-hybridized carbons (Fsp3) is 0.765. The fourth-order valence-corrected chi connectivity index (χ4v) is 3.57. The van der Waals surface area contributed by atoms with Crippen molar-refractivity contribution in [1.82, 2.24) is 9.78 Å². The van der Waals surface area contributed by atoms with Crippen molar-refractivity contribution < 1.29 is 36.6 Å². The summed E-state index contributed by atoms with van der Waals surface area (Å²) in [5.74, 6) is -5.39. The smallest absolute Gasteiger partial charge is 0.356 e. The molecule has 1 fully saturated rings. The van der Waals surface area contributed by atoms with Gasteiger partial charge in [0.05, 0.1) is 18.6 Å². The number of ether oxygens (including phenoxy) is 3. The second kappa shape index (κ2) is 7.38. The molecule has 6 nitrogen and oxygen atoms in total. The Bertz CT molecular complexity index is 688. The molecule has 1 aromatic rings. The van der Waals surface area contributed by atoms with Gasteiger partial charge in [0, 0.05) is 39.5 Å². The maximum absolute atomic E-state index is 13.9. The van der Waals surface area contributed by atoms with Crippen molar-refractivity contribution in [1.29, 1.82) is 0 Å². The molecule has 1 saturated carbocycles. The molecule has 1 aliphatic carbocycles. The second-order valence-corrected chi connectivity index (χ2v) is 6.92.